The van der Waals surface area contributed by atoms with E-state index in [9.17, 15) is 18.4 Å². The molecule has 0 bridgehead atoms. The quantitative estimate of drug-likeness (QED) is 0.583. The molecular formula is C20H19F2N5O2S. The van der Waals surface area contributed by atoms with E-state index in [-0.39, 0.29) is 0 Å². The molecule has 30 heavy (non-hydrogen) atoms. The van der Waals surface area contributed by atoms with Crippen molar-refractivity contribution in [3.8, 4) is 17.1 Å². The molecule has 7 nitrogen and oxygen atoms in total. The fraction of sp³-hybridized carbons (Fsp3) is 0.200. The summed E-state index contributed by atoms with van der Waals surface area (Å²) >= 11 is 1.09. The van der Waals surface area contributed by atoms with Gasteiger partial charge in [0.2, 0.25) is 5.91 Å². The van der Waals surface area contributed by atoms with Crippen molar-refractivity contribution in [1.82, 2.24) is 25.4 Å². The van der Waals surface area contributed by atoms with Crippen molar-refractivity contribution in [1.29, 1.82) is 0 Å². The van der Waals surface area contributed by atoms with Gasteiger partial charge >= 0.3 is 6.03 Å². The first-order chi connectivity index (χ1) is 14.4. The van der Waals surface area contributed by atoms with Gasteiger partial charge in [-0.2, -0.15) is 0 Å². The molecule has 0 spiro atoms. The lowest BCUT2D eigenvalue weighted by Gasteiger charge is -2.13. The van der Waals surface area contributed by atoms with E-state index < -0.39 is 28.8 Å². The molecule has 0 aliphatic heterocycles. The van der Waals surface area contributed by atoms with Crippen molar-refractivity contribution in [3.05, 3.63) is 60.2 Å². The highest BCUT2D eigenvalue weighted by Crippen LogP contribution is 2.30. The van der Waals surface area contributed by atoms with Crippen LogP contribution >= 0.6 is 11.8 Å². The largest absolute Gasteiger partial charge is 0.338 e. The third kappa shape index (κ3) is 5.01. The molecule has 1 unspecified atom stereocenters. The van der Waals surface area contributed by atoms with Gasteiger partial charge < -0.3 is 5.32 Å². The van der Waals surface area contributed by atoms with Crippen molar-refractivity contribution in [2.45, 2.75) is 24.3 Å². The SMILES string of the molecule is CCNC(=O)NC(=O)C(C)Sc1nnc(-c2ccc(F)cc2)n1-c1ccc(F)cc1. The van der Waals surface area contributed by atoms with E-state index in [4.69, 9.17) is 0 Å². The molecule has 0 saturated heterocycles. The number of amides is 3. The number of carbonyl (C=O) groups excluding carboxylic acids is 2. The van der Waals surface area contributed by atoms with E-state index in [1.165, 1.54) is 24.3 Å². The van der Waals surface area contributed by atoms with E-state index in [2.05, 4.69) is 20.8 Å². The van der Waals surface area contributed by atoms with Gasteiger partial charge in [-0.25, -0.2) is 13.6 Å². The zero-order valence-corrected chi connectivity index (χ0v) is 17.0. The number of hydrogen-bond donors (Lipinski definition) is 2. The predicted molar refractivity (Wildman–Crippen MR) is 109 cm³/mol. The molecule has 3 amide bonds. The molecule has 2 N–H and O–H groups in total. The molecule has 156 valence electrons. The van der Waals surface area contributed by atoms with Crippen LogP contribution in [0.3, 0.4) is 0 Å². The summed E-state index contributed by atoms with van der Waals surface area (Å²) in [5, 5.41) is 12.8. The Kier molecular flexibility index (Phi) is 6.78. The highest BCUT2D eigenvalue weighted by atomic mass is 32.2. The lowest BCUT2D eigenvalue weighted by molar-refractivity contribution is -0.119. The first kappa shape index (κ1) is 21.4. The summed E-state index contributed by atoms with van der Waals surface area (Å²) in [4.78, 5) is 23.9. The van der Waals surface area contributed by atoms with Crippen LogP contribution in [0.4, 0.5) is 13.6 Å². The summed E-state index contributed by atoms with van der Waals surface area (Å²) in [6.07, 6.45) is 0. The minimum atomic E-state index is -0.669. The van der Waals surface area contributed by atoms with Crippen molar-refractivity contribution in [2.75, 3.05) is 6.54 Å². The van der Waals surface area contributed by atoms with Crippen molar-refractivity contribution >= 4 is 23.7 Å². The van der Waals surface area contributed by atoms with Crippen LogP contribution in [0, 0.1) is 11.6 Å². The number of nitrogens with one attached hydrogen (secondary N) is 2. The van der Waals surface area contributed by atoms with Crippen LogP contribution in [0.15, 0.2) is 53.7 Å². The van der Waals surface area contributed by atoms with E-state index in [1.54, 1.807) is 42.7 Å². The Hall–Kier alpha value is -3.27. The van der Waals surface area contributed by atoms with Gasteiger partial charge in [-0.1, -0.05) is 11.8 Å². The number of halogens is 2. The molecule has 0 aliphatic carbocycles. The lowest BCUT2D eigenvalue weighted by atomic mass is 10.2. The van der Waals surface area contributed by atoms with Gasteiger partial charge in [0, 0.05) is 17.8 Å². The number of hydrogen-bond acceptors (Lipinski definition) is 5. The Labute approximate surface area is 175 Å². The number of thioether (sulfide) groups is 1. The summed E-state index contributed by atoms with van der Waals surface area (Å²) in [7, 11) is 0. The second kappa shape index (κ2) is 9.49. The molecule has 0 aliphatic rings. The first-order valence-corrected chi connectivity index (χ1v) is 9.99. The van der Waals surface area contributed by atoms with Crippen LogP contribution in [0.25, 0.3) is 17.1 Å². The molecule has 0 fully saturated rings. The van der Waals surface area contributed by atoms with Crippen LogP contribution in [-0.4, -0.2) is 38.5 Å². The summed E-state index contributed by atoms with van der Waals surface area (Å²) in [5.41, 5.74) is 1.17. The number of rotatable bonds is 6. The highest BCUT2D eigenvalue weighted by molar-refractivity contribution is 8.00. The second-order valence-electron chi connectivity index (χ2n) is 6.23. The van der Waals surface area contributed by atoms with Crippen molar-refractivity contribution < 1.29 is 18.4 Å². The Bertz CT molecular complexity index is 1040. The third-order valence-corrected chi connectivity index (χ3v) is 5.09. The average Bonchev–Trinajstić information content (AvgIpc) is 3.12. The summed E-state index contributed by atoms with van der Waals surface area (Å²) in [6.45, 7) is 3.76. The summed E-state index contributed by atoms with van der Waals surface area (Å²) < 4.78 is 28.4. The second-order valence-corrected chi connectivity index (χ2v) is 7.54. The van der Waals surface area contributed by atoms with Crippen molar-refractivity contribution in [2.24, 2.45) is 0 Å². The predicted octanol–water partition coefficient (Wildman–Crippen LogP) is 3.54. The third-order valence-electron chi connectivity index (χ3n) is 4.05. The maximum atomic E-state index is 13.4. The average molecular weight is 431 g/mol. The van der Waals surface area contributed by atoms with Gasteiger partial charge in [-0.15, -0.1) is 10.2 Å². The monoisotopic (exact) mass is 431 g/mol. The van der Waals surface area contributed by atoms with Gasteiger partial charge in [-0.05, 0) is 62.4 Å². The molecule has 0 saturated carbocycles. The van der Waals surface area contributed by atoms with Crippen LogP contribution in [-0.2, 0) is 4.79 Å². The van der Waals surface area contributed by atoms with Gasteiger partial charge in [0.25, 0.3) is 0 Å². The number of imide groups is 1. The highest BCUT2D eigenvalue weighted by Gasteiger charge is 2.23. The number of benzene rings is 2. The summed E-state index contributed by atoms with van der Waals surface area (Å²) in [6, 6.07) is 10.8. The fourth-order valence-electron chi connectivity index (χ4n) is 2.59. The van der Waals surface area contributed by atoms with E-state index in [1.807, 2.05) is 0 Å². The topological polar surface area (TPSA) is 88.9 Å². The van der Waals surface area contributed by atoms with Crippen LogP contribution in [0.5, 0.6) is 0 Å². The van der Waals surface area contributed by atoms with Gasteiger partial charge in [0.15, 0.2) is 11.0 Å². The maximum absolute atomic E-state index is 13.4. The number of urea groups is 1. The minimum absolute atomic E-state index is 0.361. The number of nitrogens with zero attached hydrogens (tertiary/aromatic N) is 3. The van der Waals surface area contributed by atoms with Gasteiger partial charge in [0.1, 0.15) is 11.6 Å². The summed E-state index contributed by atoms with van der Waals surface area (Å²) in [5.74, 6) is -0.890. The van der Waals surface area contributed by atoms with Crippen molar-refractivity contribution in [3.63, 3.8) is 0 Å². The molecule has 1 atom stereocenters. The maximum Gasteiger partial charge on any atom is 0.321 e. The molecule has 1 heterocycles. The zero-order chi connectivity index (χ0) is 21.7. The molecule has 10 heteroatoms. The Morgan fingerprint density at radius 2 is 1.63 bits per heavy atom. The number of carbonyl (C=O) groups is 2. The van der Waals surface area contributed by atoms with Crippen LogP contribution in [0.1, 0.15) is 13.8 Å². The number of aromatic nitrogens is 3. The normalized spacial score (nSPS) is 11.7. The Morgan fingerprint density at radius 3 is 2.23 bits per heavy atom. The van der Waals surface area contributed by atoms with E-state index >= 15 is 0 Å². The zero-order valence-electron chi connectivity index (χ0n) is 16.2. The molecule has 2 aromatic carbocycles. The molecule has 1 aromatic heterocycles. The van der Waals surface area contributed by atoms with Gasteiger partial charge in [0.05, 0.1) is 5.25 Å². The molecule has 3 rings (SSSR count). The van der Waals surface area contributed by atoms with Gasteiger partial charge in [-0.3, -0.25) is 14.7 Å². The van der Waals surface area contributed by atoms with E-state index in [0.717, 1.165) is 11.8 Å². The molecule has 3 aromatic rings. The lowest BCUT2D eigenvalue weighted by Crippen LogP contribution is -2.42. The van der Waals surface area contributed by atoms with Crippen LogP contribution in [0.2, 0.25) is 0 Å². The Balaban J connectivity index is 1.94. The standard InChI is InChI=1S/C20H19F2N5O2S/c1-3-23-19(29)24-18(28)12(2)30-20-26-25-17(13-4-6-14(21)7-5-13)27(20)16-10-8-15(22)9-11-16/h4-12H,3H2,1-2H3,(H2,23,24,28,29). The molecular weight excluding hydrogens is 412 g/mol. The minimum Gasteiger partial charge on any atom is -0.338 e. The molecule has 0 radical (unpaired) electrons. The fourth-order valence-corrected chi connectivity index (χ4v) is 3.45. The Morgan fingerprint density at radius 1 is 1.03 bits per heavy atom. The first-order valence-electron chi connectivity index (χ1n) is 9.11. The van der Waals surface area contributed by atoms with Crippen LogP contribution < -0.4 is 10.6 Å². The van der Waals surface area contributed by atoms with E-state index in [0.29, 0.717) is 28.8 Å². The smallest absolute Gasteiger partial charge is 0.321 e.